The number of sulfonamides is 1. The first-order valence-electron chi connectivity index (χ1n) is 10.1. The van der Waals surface area contributed by atoms with E-state index in [0.717, 1.165) is 16.2 Å². The molecule has 3 rings (SSSR count). The number of amides is 2. The number of benzene rings is 2. The van der Waals surface area contributed by atoms with Crippen molar-refractivity contribution in [3.05, 3.63) is 48.0 Å². The molecule has 1 heterocycles. The summed E-state index contributed by atoms with van der Waals surface area (Å²) in [7, 11) is -2.43. The van der Waals surface area contributed by atoms with Gasteiger partial charge in [0.1, 0.15) is 11.5 Å². The molecule has 9 heteroatoms. The first-order valence-corrected chi connectivity index (χ1v) is 11.6. The third kappa shape index (κ3) is 5.23. The van der Waals surface area contributed by atoms with Crippen LogP contribution in [0.4, 0.5) is 5.69 Å². The predicted octanol–water partition coefficient (Wildman–Crippen LogP) is 2.66. The fraction of sp³-hybridized carbons (Fsp3) is 0.364. The number of nitrogens with one attached hydrogen (secondary N) is 1. The van der Waals surface area contributed by atoms with Crippen LogP contribution in [0.5, 0.6) is 11.5 Å². The number of methoxy groups -OCH3 is 1. The highest BCUT2D eigenvalue weighted by molar-refractivity contribution is 7.89. The fourth-order valence-electron chi connectivity index (χ4n) is 3.43. The Balaban J connectivity index is 1.70. The first kappa shape index (κ1) is 22.8. The Hall–Kier alpha value is -2.91. The number of imide groups is 1. The molecule has 2 amide bonds. The minimum absolute atomic E-state index is 0.0366. The molecule has 31 heavy (non-hydrogen) atoms. The molecule has 1 N–H and O–H groups in total. The molecule has 1 aliphatic heterocycles. The molecule has 0 aliphatic carbocycles. The zero-order chi connectivity index (χ0) is 22.4. The van der Waals surface area contributed by atoms with Crippen LogP contribution in [0.25, 0.3) is 0 Å². The van der Waals surface area contributed by atoms with E-state index in [-0.39, 0.29) is 47.5 Å². The minimum Gasteiger partial charge on any atom is -0.495 e. The van der Waals surface area contributed by atoms with Gasteiger partial charge in [-0.3, -0.25) is 9.59 Å². The molecule has 0 spiro atoms. The number of carbonyl (C=O) groups excluding carboxylic acids is 2. The number of aryl methyl sites for hydroxylation is 1. The average Bonchev–Trinajstić information content (AvgIpc) is 3.10. The third-order valence-electron chi connectivity index (χ3n) is 4.94. The van der Waals surface area contributed by atoms with Crippen LogP contribution in [0, 0.1) is 0 Å². The largest absolute Gasteiger partial charge is 0.495 e. The van der Waals surface area contributed by atoms with Crippen LogP contribution in [0.2, 0.25) is 0 Å². The van der Waals surface area contributed by atoms with Crippen molar-refractivity contribution in [1.82, 2.24) is 4.72 Å². The van der Waals surface area contributed by atoms with Crippen molar-refractivity contribution in [1.29, 1.82) is 0 Å². The molecule has 1 aliphatic rings. The number of anilines is 1. The summed E-state index contributed by atoms with van der Waals surface area (Å²) in [5.74, 6) is 0.306. The van der Waals surface area contributed by atoms with E-state index in [9.17, 15) is 18.0 Å². The molecule has 0 bridgehead atoms. The summed E-state index contributed by atoms with van der Waals surface area (Å²) < 4.78 is 39.0. The maximum atomic E-state index is 12.8. The van der Waals surface area contributed by atoms with Crippen LogP contribution in [-0.4, -0.2) is 40.5 Å². The second-order valence-electron chi connectivity index (χ2n) is 7.00. The fourth-order valence-corrected chi connectivity index (χ4v) is 4.53. The standard InChI is InChI=1S/C22H26N2O6S/c1-3-30-19-9-5-4-7-16(19)8-6-14-23-31(27,28)17-10-11-20(29-2)18(15-17)24-21(25)12-13-22(24)26/h4-5,7,9-11,15,23H,3,6,8,12-14H2,1-2H3. The van der Waals surface area contributed by atoms with Gasteiger partial charge in [0.05, 0.1) is 24.3 Å². The van der Waals surface area contributed by atoms with Crippen LogP contribution >= 0.6 is 0 Å². The zero-order valence-corrected chi connectivity index (χ0v) is 18.4. The molecule has 1 fully saturated rings. The maximum absolute atomic E-state index is 12.8. The van der Waals surface area contributed by atoms with Crippen LogP contribution < -0.4 is 19.1 Å². The molecule has 0 saturated carbocycles. The summed E-state index contributed by atoms with van der Waals surface area (Å²) in [5, 5.41) is 0. The summed E-state index contributed by atoms with van der Waals surface area (Å²) in [6, 6.07) is 11.8. The normalized spacial score (nSPS) is 14.2. The highest BCUT2D eigenvalue weighted by atomic mass is 32.2. The topological polar surface area (TPSA) is 102 Å². The smallest absolute Gasteiger partial charge is 0.240 e. The minimum atomic E-state index is -3.83. The Morgan fingerprint density at radius 1 is 1.03 bits per heavy atom. The van der Waals surface area contributed by atoms with Gasteiger partial charge in [0, 0.05) is 19.4 Å². The van der Waals surface area contributed by atoms with Crippen molar-refractivity contribution < 1.29 is 27.5 Å². The van der Waals surface area contributed by atoms with Crippen molar-refractivity contribution in [3.63, 3.8) is 0 Å². The molecule has 2 aromatic rings. The summed E-state index contributed by atoms with van der Waals surface area (Å²) in [6.45, 7) is 2.70. The lowest BCUT2D eigenvalue weighted by molar-refractivity contribution is -0.121. The van der Waals surface area contributed by atoms with E-state index in [1.54, 1.807) is 0 Å². The molecule has 0 unspecified atom stereocenters. The van der Waals surface area contributed by atoms with E-state index in [4.69, 9.17) is 9.47 Å². The van der Waals surface area contributed by atoms with E-state index in [0.29, 0.717) is 19.4 Å². The zero-order valence-electron chi connectivity index (χ0n) is 17.6. The van der Waals surface area contributed by atoms with Gasteiger partial charge >= 0.3 is 0 Å². The van der Waals surface area contributed by atoms with Crippen LogP contribution in [0.15, 0.2) is 47.4 Å². The molecular weight excluding hydrogens is 420 g/mol. The third-order valence-corrected chi connectivity index (χ3v) is 6.40. The van der Waals surface area contributed by atoms with Crippen LogP contribution in [0.3, 0.4) is 0 Å². The predicted molar refractivity (Wildman–Crippen MR) is 116 cm³/mol. The first-order chi connectivity index (χ1) is 14.9. The van der Waals surface area contributed by atoms with Crippen LogP contribution in [-0.2, 0) is 26.0 Å². The molecule has 0 atom stereocenters. The number of ether oxygens (including phenoxy) is 2. The SMILES string of the molecule is CCOc1ccccc1CCCNS(=O)(=O)c1ccc(OC)c(N2C(=O)CCC2=O)c1. The lowest BCUT2D eigenvalue weighted by Gasteiger charge is -2.18. The summed E-state index contributed by atoms with van der Waals surface area (Å²) in [4.78, 5) is 25.2. The van der Waals surface area contributed by atoms with Crippen molar-refractivity contribution in [2.75, 3.05) is 25.2 Å². The van der Waals surface area contributed by atoms with Gasteiger partial charge in [-0.25, -0.2) is 18.0 Å². The number of hydrogen-bond acceptors (Lipinski definition) is 6. The van der Waals surface area contributed by atoms with E-state index in [2.05, 4.69) is 4.72 Å². The number of nitrogens with zero attached hydrogens (tertiary/aromatic N) is 1. The number of hydrogen-bond donors (Lipinski definition) is 1. The van der Waals surface area contributed by atoms with E-state index in [1.807, 2.05) is 31.2 Å². The van der Waals surface area contributed by atoms with Gasteiger partial charge in [-0.15, -0.1) is 0 Å². The molecule has 0 radical (unpaired) electrons. The maximum Gasteiger partial charge on any atom is 0.240 e. The number of carbonyl (C=O) groups is 2. The van der Waals surface area contributed by atoms with E-state index >= 15 is 0 Å². The van der Waals surface area contributed by atoms with E-state index in [1.165, 1.54) is 25.3 Å². The molecule has 0 aromatic heterocycles. The highest BCUT2D eigenvalue weighted by Crippen LogP contribution is 2.34. The van der Waals surface area contributed by atoms with E-state index < -0.39 is 10.0 Å². The Kier molecular flexibility index (Phi) is 7.29. The lowest BCUT2D eigenvalue weighted by atomic mass is 10.1. The van der Waals surface area contributed by atoms with Crippen LogP contribution in [0.1, 0.15) is 31.7 Å². The Bertz CT molecular complexity index is 1050. The van der Waals surface area contributed by atoms with Crippen molar-refractivity contribution in [2.24, 2.45) is 0 Å². The number of rotatable bonds is 10. The summed E-state index contributed by atoms with van der Waals surface area (Å²) >= 11 is 0. The van der Waals surface area contributed by atoms with Gasteiger partial charge in [-0.05, 0) is 49.6 Å². The average molecular weight is 447 g/mol. The molecular formula is C22H26N2O6S. The molecule has 166 valence electrons. The second-order valence-corrected chi connectivity index (χ2v) is 8.77. The van der Waals surface area contributed by atoms with Crippen molar-refractivity contribution >= 4 is 27.5 Å². The molecule has 2 aromatic carbocycles. The second kappa shape index (κ2) is 9.93. The van der Waals surface area contributed by atoms with Crippen molar-refractivity contribution in [3.8, 4) is 11.5 Å². The Labute approximate surface area is 182 Å². The molecule has 1 saturated heterocycles. The highest BCUT2D eigenvalue weighted by Gasteiger charge is 2.33. The number of para-hydroxylation sites is 1. The quantitative estimate of drug-likeness (QED) is 0.445. The Morgan fingerprint density at radius 3 is 2.42 bits per heavy atom. The van der Waals surface area contributed by atoms with Gasteiger partial charge in [0.15, 0.2) is 0 Å². The Morgan fingerprint density at radius 2 is 1.74 bits per heavy atom. The summed E-state index contributed by atoms with van der Waals surface area (Å²) in [6.07, 6.45) is 1.43. The lowest BCUT2D eigenvalue weighted by Crippen LogP contribution is -2.30. The van der Waals surface area contributed by atoms with Gasteiger partial charge in [-0.2, -0.15) is 0 Å². The molecule has 8 nitrogen and oxygen atoms in total. The summed E-state index contributed by atoms with van der Waals surface area (Å²) in [5.41, 5.74) is 1.16. The van der Waals surface area contributed by atoms with Crippen molar-refractivity contribution in [2.45, 2.75) is 37.5 Å². The van der Waals surface area contributed by atoms with Gasteiger partial charge in [-0.1, -0.05) is 18.2 Å². The van der Waals surface area contributed by atoms with Gasteiger partial charge < -0.3 is 9.47 Å². The van der Waals surface area contributed by atoms with Gasteiger partial charge in [0.2, 0.25) is 21.8 Å². The van der Waals surface area contributed by atoms with Gasteiger partial charge in [0.25, 0.3) is 0 Å². The monoisotopic (exact) mass is 446 g/mol.